The van der Waals surface area contributed by atoms with Crippen molar-refractivity contribution in [3.8, 4) is 5.69 Å². The van der Waals surface area contributed by atoms with E-state index >= 15 is 0 Å². The molecule has 3 atom stereocenters. The van der Waals surface area contributed by atoms with Crippen LogP contribution in [-0.2, 0) is 14.3 Å². The van der Waals surface area contributed by atoms with Gasteiger partial charge in [0.15, 0.2) is 5.78 Å². The fraction of sp³-hybridized carbons (Fsp3) is 0.385. The molecule has 4 rings (SSSR count). The number of nitrogens with zero attached hydrogens (tertiary/aromatic N) is 4. The van der Waals surface area contributed by atoms with Gasteiger partial charge in [0.25, 0.3) is 0 Å². The summed E-state index contributed by atoms with van der Waals surface area (Å²) in [5, 5.41) is 8.74. The van der Waals surface area contributed by atoms with Crippen LogP contribution in [0, 0.1) is 4.77 Å². The number of Topliss-reactive ketones (excluding diaryl/α,β-unsaturated/α-hetero) is 1. The Morgan fingerprint density at radius 1 is 1.36 bits per heavy atom. The summed E-state index contributed by atoms with van der Waals surface area (Å²) < 4.78 is 14.3. The number of fused-ring (bicyclic) bond motifs is 2. The maximum absolute atomic E-state index is 11.9. The van der Waals surface area contributed by atoms with Gasteiger partial charge in [-0.05, 0) is 40.8 Å². The molecule has 0 amide bonds. The van der Waals surface area contributed by atoms with E-state index in [2.05, 4.69) is 10.4 Å². The van der Waals surface area contributed by atoms with Crippen molar-refractivity contribution in [3.05, 3.63) is 34.1 Å². The smallest absolute Gasteiger partial charge is 0.221 e. The fourth-order valence-corrected chi connectivity index (χ4v) is 3.20. The second-order valence-electron chi connectivity index (χ2n) is 5.18. The Morgan fingerprint density at radius 3 is 3.05 bits per heavy atom. The molecule has 2 fully saturated rings. The van der Waals surface area contributed by atoms with Crippen LogP contribution in [0.25, 0.3) is 5.69 Å². The second-order valence-corrected chi connectivity index (χ2v) is 5.98. The first-order valence-corrected chi connectivity index (χ1v) is 7.52. The van der Waals surface area contributed by atoms with E-state index in [1.54, 1.807) is 22.9 Å². The van der Waals surface area contributed by atoms with E-state index in [0.29, 0.717) is 22.1 Å². The molecular weight excluding hydrogens is 328 g/mol. The summed E-state index contributed by atoms with van der Waals surface area (Å²) in [5.41, 5.74) is 0.715. The number of benzene rings is 1. The van der Waals surface area contributed by atoms with Crippen LogP contribution in [0.3, 0.4) is 0 Å². The van der Waals surface area contributed by atoms with Crippen LogP contribution in [0.2, 0.25) is 5.02 Å². The number of rotatable bonds is 2. The van der Waals surface area contributed by atoms with Crippen molar-refractivity contribution < 1.29 is 14.3 Å². The molecule has 2 bridgehead atoms. The number of tetrazole rings is 1. The maximum Gasteiger partial charge on any atom is 0.221 e. The van der Waals surface area contributed by atoms with Gasteiger partial charge in [-0.2, -0.15) is 4.68 Å². The lowest BCUT2D eigenvalue weighted by Crippen LogP contribution is -2.37. The van der Waals surface area contributed by atoms with Crippen molar-refractivity contribution in [2.24, 2.45) is 0 Å². The van der Waals surface area contributed by atoms with Gasteiger partial charge in [-0.25, -0.2) is 4.68 Å². The average Bonchev–Trinajstić information content (AvgIpc) is 3.09. The first-order chi connectivity index (χ1) is 10.6. The minimum absolute atomic E-state index is 0.0991. The monoisotopic (exact) mass is 338 g/mol. The Morgan fingerprint density at radius 2 is 2.23 bits per heavy atom. The molecule has 0 spiro atoms. The molecule has 2 saturated heterocycles. The Hall–Kier alpha value is -1.61. The van der Waals surface area contributed by atoms with Gasteiger partial charge in [0.2, 0.25) is 11.1 Å². The predicted molar refractivity (Wildman–Crippen MR) is 78.5 cm³/mol. The molecule has 0 radical (unpaired) electrons. The number of carbonyl (C=O) groups is 1. The molecule has 1 aromatic heterocycles. The van der Waals surface area contributed by atoms with Crippen molar-refractivity contribution in [2.45, 2.75) is 24.9 Å². The highest BCUT2D eigenvalue weighted by molar-refractivity contribution is 7.71. The van der Waals surface area contributed by atoms with Gasteiger partial charge in [0, 0.05) is 11.4 Å². The van der Waals surface area contributed by atoms with Gasteiger partial charge < -0.3 is 9.47 Å². The summed E-state index contributed by atoms with van der Waals surface area (Å²) in [6, 6.07) is 6.85. The lowest BCUT2D eigenvalue weighted by Gasteiger charge is -2.25. The van der Waals surface area contributed by atoms with Crippen molar-refractivity contribution in [2.75, 3.05) is 6.61 Å². The topological polar surface area (TPSA) is 71.2 Å². The standard InChI is InChI=1S/C13H11ClN4O3S/c14-7-2-1-3-8(4-7)17-13(22)18(16-15-17)9-5-10(19)12-20-6-11(9)21-12/h1-4,9,11-12H,5-6H2/t9-,11-,12-/m0/s1. The van der Waals surface area contributed by atoms with E-state index in [1.807, 2.05) is 6.07 Å². The van der Waals surface area contributed by atoms with Gasteiger partial charge in [-0.15, -0.1) is 0 Å². The third-order valence-electron chi connectivity index (χ3n) is 3.78. The highest BCUT2D eigenvalue weighted by Crippen LogP contribution is 2.32. The summed E-state index contributed by atoms with van der Waals surface area (Å²) in [7, 11) is 0. The van der Waals surface area contributed by atoms with Gasteiger partial charge in [0.1, 0.15) is 6.10 Å². The molecule has 3 heterocycles. The highest BCUT2D eigenvalue weighted by Gasteiger charge is 2.45. The van der Waals surface area contributed by atoms with E-state index in [4.69, 9.17) is 33.3 Å². The SMILES string of the molecule is O=C1C[C@H](n2nnn(-c3cccc(Cl)c3)c2=S)[C@@H]2CO[C@H]1O2. The Kier molecular flexibility index (Phi) is 3.33. The molecule has 2 aromatic rings. The van der Waals surface area contributed by atoms with Crippen LogP contribution in [0.15, 0.2) is 24.3 Å². The quantitative estimate of drug-likeness (QED) is 0.776. The summed E-state index contributed by atoms with van der Waals surface area (Å²) in [4.78, 5) is 11.9. The van der Waals surface area contributed by atoms with E-state index in [9.17, 15) is 4.79 Å². The number of hydrogen-bond donors (Lipinski definition) is 0. The number of ether oxygens (including phenoxy) is 2. The van der Waals surface area contributed by atoms with Crippen LogP contribution in [0.1, 0.15) is 12.5 Å². The Labute approximate surface area is 135 Å². The second kappa shape index (κ2) is 5.24. The lowest BCUT2D eigenvalue weighted by molar-refractivity contribution is -0.156. The molecule has 114 valence electrons. The van der Waals surface area contributed by atoms with Crippen LogP contribution in [-0.4, -0.2) is 44.6 Å². The molecule has 0 unspecified atom stereocenters. The van der Waals surface area contributed by atoms with Crippen molar-refractivity contribution in [3.63, 3.8) is 0 Å². The predicted octanol–water partition coefficient (Wildman–Crippen LogP) is 1.71. The van der Waals surface area contributed by atoms with Crippen LogP contribution < -0.4 is 0 Å². The molecule has 9 heteroatoms. The van der Waals surface area contributed by atoms with E-state index < -0.39 is 6.29 Å². The number of aromatic nitrogens is 4. The molecule has 22 heavy (non-hydrogen) atoms. The van der Waals surface area contributed by atoms with Crippen LogP contribution >= 0.6 is 23.8 Å². The van der Waals surface area contributed by atoms with Crippen molar-refractivity contribution >= 4 is 29.6 Å². The van der Waals surface area contributed by atoms with Crippen LogP contribution in [0.4, 0.5) is 0 Å². The first-order valence-electron chi connectivity index (χ1n) is 6.74. The minimum atomic E-state index is -0.738. The summed E-state index contributed by atoms with van der Waals surface area (Å²) >= 11 is 11.4. The number of hydrogen-bond acceptors (Lipinski definition) is 6. The molecule has 1 aromatic carbocycles. The number of ketones is 1. The zero-order chi connectivity index (χ0) is 15.3. The molecule has 7 nitrogen and oxygen atoms in total. The minimum Gasteiger partial charge on any atom is -0.343 e. The molecular formula is C13H11ClN4O3S. The van der Waals surface area contributed by atoms with E-state index in [0.717, 1.165) is 0 Å². The normalized spacial score (nSPS) is 27.3. The molecule has 2 aliphatic heterocycles. The van der Waals surface area contributed by atoms with Crippen molar-refractivity contribution in [1.82, 2.24) is 19.8 Å². The number of halogens is 1. The number of carbonyl (C=O) groups excluding carboxylic acids is 1. The average molecular weight is 339 g/mol. The Bertz CT molecular complexity index is 805. The van der Waals surface area contributed by atoms with Crippen molar-refractivity contribution in [1.29, 1.82) is 0 Å². The third kappa shape index (κ3) is 2.19. The van der Waals surface area contributed by atoms with Gasteiger partial charge in [0.05, 0.1) is 18.3 Å². The molecule has 2 aliphatic rings. The fourth-order valence-electron chi connectivity index (χ4n) is 2.70. The summed E-state index contributed by atoms with van der Waals surface area (Å²) in [6.45, 7) is 0.354. The largest absolute Gasteiger partial charge is 0.343 e. The zero-order valence-electron chi connectivity index (χ0n) is 11.3. The molecule has 0 aliphatic carbocycles. The van der Waals surface area contributed by atoms with E-state index in [1.165, 1.54) is 4.68 Å². The zero-order valence-corrected chi connectivity index (χ0v) is 12.8. The maximum atomic E-state index is 11.9. The van der Waals surface area contributed by atoms with E-state index in [-0.39, 0.29) is 24.3 Å². The first kappa shape index (κ1) is 14.0. The van der Waals surface area contributed by atoms with Gasteiger partial charge in [-0.3, -0.25) is 4.79 Å². The third-order valence-corrected chi connectivity index (χ3v) is 4.38. The van der Waals surface area contributed by atoms with Gasteiger partial charge in [-0.1, -0.05) is 17.7 Å². The summed E-state index contributed by atoms with van der Waals surface area (Å²) in [5.74, 6) is -0.0991. The van der Waals surface area contributed by atoms with Gasteiger partial charge >= 0.3 is 0 Å². The highest BCUT2D eigenvalue weighted by atomic mass is 35.5. The molecule has 0 N–H and O–H groups in total. The molecule has 0 saturated carbocycles. The lowest BCUT2D eigenvalue weighted by atomic mass is 10.0. The Balaban J connectivity index is 1.73. The van der Waals surface area contributed by atoms with Crippen LogP contribution in [0.5, 0.6) is 0 Å². The summed E-state index contributed by atoms with van der Waals surface area (Å²) in [6.07, 6.45) is -0.699.